The van der Waals surface area contributed by atoms with E-state index in [1.807, 2.05) is 26.8 Å². The van der Waals surface area contributed by atoms with Crippen LogP contribution in [0.4, 0.5) is 5.82 Å². The second kappa shape index (κ2) is 3.71. The number of nitrogens with zero attached hydrogens (tertiary/aromatic N) is 2. The molecule has 110 valence electrons. The number of ether oxygens (including phenoxy) is 1. The third kappa shape index (κ3) is 1.24. The number of aryl methyl sites for hydroxylation is 1. The van der Waals surface area contributed by atoms with Crippen molar-refractivity contribution in [3.8, 4) is 0 Å². The van der Waals surface area contributed by atoms with Crippen molar-refractivity contribution in [1.82, 2.24) is 4.98 Å². The van der Waals surface area contributed by atoms with E-state index >= 15 is 0 Å². The Morgan fingerprint density at radius 2 is 1.76 bits per heavy atom. The molecule has 0 radical (unpaired) electrons. The number of hydrogen-bond acceptors (Lipinski definition) is 4. The van der Waals surface area contributed by atoms with E-state index < -0.39 is 10.8 Å². The predicted molar refractivity (Wildman–Crippen MR) is 75.6 cm³/mol. The van der Waals surface area contributed by atoms with Crippen LogP contribution in [-0.4, -0.2) is 29.0 Å². The van der Waals surface area contributed by atoms with Gasteiger partial charge in [0.05, 0.1) is 23.0 Å². The first-order valence-corrected chi connectivity index (χ1v) is 7.38. The van der Waals surface area contributed by atoms with Crippen molar-refractivity contribution < 1.29 is 14.3 Å². The molecule has 3 saturated heterocycles. The number of carbonyl (C=O) groups is 2. The van der Waals surface area contributed by atoms with Crippen molar-refractivity contribution in [2.24, 2.45) is 10.8 Å². The molecule has 21 heavy (non-hydrogen) atoms. The molecule has 4 atom stereocenters. The minimum absolute atomic E-state index is 0.154. The lowest BCUT2D eigenvalue weighted by molar-refractivity contribution is -0.132. The van der Waals surface area contributed by atoms with E-state index in [1.54, 1.807) is 12.3 Å². The van der Waals surface area contributed by atoms with Crippen LogP contribution in [0.15, 0.2) is 18.3 Å². The van der Waals surface area contributed by atoms with Crippen LogP contribution in [0.25, 0.3) is 0 Å². The van der Waals surface area contributed by atoms with Crippen molar-refractivity contribution in [2.45, 2.75) is 45.8 Å². The van der Waals surface area contributed by atoms with Gasteiger partial charge in [-0.1, -0.05) is 0 Å². The molecular formula is C16H18N2O3. The highest BCUT2D eigenvalue weighted by Gasteiger charge is 2.77. The summed E-state index contributed by atoms with van der Waals surface area (Å²) in [6, 6.07) is 3.64. The quantitative estimate of drug-likeness (QED) is 0.739. The van der Waals surface area contributed by atoms with E-state index in [9.17, 15) is 9.59 Å². The van der Waals surface area contributed by atoms with Gasteiger partial charge in [0.1, 0.15) is 5.82 Å². The summed E-state index contributed by atoms with van der Waals surface area (Å²) in [6.45, 7) is 5.69. The summed E-state index contributed by atoms with van der Waals surface area (Å²) < 4.78 is 5.91. The molecule has 0 N–H and O–H groups in total. The van der Waals surface area contributed by atoms with Gasteiger partial charge in [-0.15, -0.1) is 0 Å². The van der Waals surface area contributed by atoms with Gasteiger partial charge in [0, 0.05) is 6.20 Å². The number of amides is 2. The minimum atomic E-state index is -0.765. The Morgan fingerprint density at radius 1 is 1.19 bits per heavy atom. The molecule has 5 heteroatoms. The summed E-state index contributed by atoms with van der Waals surface area (Å²) in [6.07, 6.45) is 3.03. The second-order valence-corrected chi connectivity index (χ2v) is 6.73. The number of pyridine rings is 1. The Hall–Kier alpha value is -1.75. The Kier molecular flexibility index (Phi) is 2.29. The molecular weight excluding hydrogens is 268 g/mol. The molecule has 3 fully saturated rings. The highest BCUT2D eigenvalue weighted by molar-refractivity contribution is 6.25. The largest absolute Gasteiger partial charge is 0.373 e. The zero-order chi connectivity index (χ0) is 15.0. The number of carbonyl (C=O) groups excluding carboxylic acids is 2. The molecule has 0 aliphatic carbocycles. The molecule has 5 nitrogen and oxygen atoms in total. The van der Waals surface area contributed by atoms with Crippen LogP contribution < -0.4 is 4.90 Å². The summed E-state index contributed by atoms with van der Waals surface area (Å²) in [5.74, 6) is 0.0989. The summed E-state index contributed by atoms with van der Waals surface area (Å²) >= 11 is 0. The smallest absolute Gasteiger partial charge is 0.244 e. The topological polar surface area (TPSA) is 59.5 Å². The van der Waals surface area contributed by atoms with Crippen LogP contribution in [0.2, 0.25) is 0 Å². The van der Waals surface area contributed by atoms with Gasteiger partial charge >= 0.3 is 0 Å². The summed E-state index contributed by atoms with van der Waals surface area (Å²) in [7, 11) is 0. The lowest BCUT2D eigenvalue weighted by Crippen LogP contribution is -2.48. The molecule has 0 saturated carbocycles. The minimum Gasteiger partial charge on any atom is -0.373 e. The van der Waals surface area contributed by atoms with Crippen LogP contribution in [0.3, 0.4) is 0 Å². The number of imide groups is 1. The zero-order valence-electron chi connectivity index (χ0n) is 12.4. The summed E-state index contributed by atoms with van der Waals surface area (Å²) in [5.41, 5.74) is -0.552. The van der Waals surface area contributed by atoms with Gasteiger partial charge in [-0.2, -0.15) is 0 Å². The third-order valence-electron chi connectivity index (χ3n) is 5.81. The average molecular weight is 286 g/mol. The van der Waals surface area contributed by atoms with Gasteiger partial charge in [-0.3, -0.25) is 9.59 Å². The second-order valence-electron chi connectivity index (χ2n) is 6.73. The normalized spacial score (nSPS) is 41.0. The molecule has 3 aliphatic heterocycles. The van der Waals surface area contributed by atoms with Crippen LogP contribution in [-0.2, 0) is 14.3 Å². The highest BCUT2D eigenvalue weighted by Crippen LogP contribution is 2.64. The van der Waals surface area contributed by atoms with Crippen molar-refractivity contribution in [2.75, 3.05) is 4.90 Å². The fourth-order valence-electron chi connectivity index (χ4n) is 4.28. The van der Waals surface area contributed by atoms with Gasteiger partial charge in [0.2, 0.25) is 11.8 Å². The SMILES string of the molecule is Cc1ccnc(N2C(=O)[C@@]3(C)[C@@H]4CC[C@@H](O4)[C@@]3(C)C2=O)c1. The van der Waals surface area contributed by atoms with Crippen molar-refractivity contribution in [3.63, 3.8) is 0 Å². The number of hydrogen-bond donors (Lipinski definition) is 0. The fraction of sp³-hybridized carbons (Fsp3) is 0.562. The van der Waals surface area contributed by atoms with Gasteiger partial charge in [0.25, 0.3) is 0 Å². The van der Waals surface area contributed by atoms with E-state index in [4.69, 9.17) is 4.74 Å². The van der Waals surface area contributed by atoms with E-state index in [1.165, 1.54) is 4.90 Å². The molecule has 4 heterocycles. The first-order chi connectivity index (χ1) is 9.90. The molecule has 4 rings (SSSR count). The van der Waals surface area contributed by atoms with Crippen LogP contribution in [0, 0.1) is 17.8 Å². The number of rotatable bonds is 1. The third-order valence-corrected chi connectivity index (χ3v) is 5.81. The van der Waals surface area contributed by atoms with Gasteiger partial charge in [0.15, 0.2) is 0 Å². The lowest BCUT2D eigenvalue weighted by Gasteiger charge is -2.36. The maximum absolute atomic E-state index is 13.0. The maximum atomic E-state index is 13.0. The lowest BCUT2D eigenvalue weighted by atomic mass is 9.59. The van der Waals surface area contributed by atoms with Crippen LogP contribution >= 0.6 is 0 Å². The first kappa shape index (κ1) is 13.0. The number of anilines is 1. The summed E-state index contributed by atoms with van der Waals surface area (Å²) in [5, 5.41) is 0. The van der Waals surface area contributed by atoms with Crippen molar-refractivity contribution in [1.29, 1.82) is 0 Å². The summed E-state index contributed by atoms with van der Waals surface area (Å²) in [4.78, 5) is 31.5. The molecule has 2 amide bonds. The highest BCUT2D eigenvalue weighted by atomic mass is 16.5. The standard InChI is InChI=1S/C16H18N2O3/c1-9-6-7-17-12(8-9)18-13(19)15(2)10-4-5-11(21-10)16(15,3)14(18)20/h6-8,10-11H,4-5H2,1-3H3/t10-,11+,15+,16-. The first-order valence-electron chi connectivity index (χ1n) is 7.38. The Bertz CT molecular complexity index is 639. The molecule has 1 aromatic heterocycles. The molecule has 0 unspecified atom stereocenters. The van der Waals surface area contributed by atoms with Crippen molar-refractivity contribution >= 4 is 17.6 Å². The Balaban J connectivity index is 1.87. The molecule has 2 bridgehead atoms. The molecule has 3 aliphatic rings. The van der Waals surface area contributed by atoms with Gasteiger partial charge < -0.3 is 4.74 Å². The monoisotopic (exact) mass is 286 g/mol. The van der Waals surface area contributed by atoms with Crippen molar-refractivity contribution in [3.05, 3.63) is 23.9 Å². The average Bonchev–Trinajstić information content (AvgIpc) is 3.05. The molecule has 0 aromatic carbocycles. The van der Waals surface area contributed by atoms with Crippen LogP contribution in [0.5, 0.6) is 0 Å². The van der Waals surface area contributed by atoms with Crippen LogP contribution in [0.1, 0.15) is 32.3 Å². The van der Waals surface area contributed by atoms with Gasteiger partial charge in [-0.05, 0) is 51.3 Å². The van der Waals surface area contributed by atoms with Gasteiger partial charge in [-0.25, -0.2) is 9.88 Å². The Morgan fingerprint density at radius 3 is 2.29 bits per heavy atom. The Labute approximate surface area is 123 Å². The van der Waals surface area contributed by atoms with E-state index in [-0.39, 0.29) is 24.0 Å². The van der Waals surface area contributed by atoms with E-state index in [2.05, 4.69) is 4.98 Å². The predicted octanol–water partition coefficient (Wildman–Crippen LogP) is 1.84. The van der Waals surface area contributed by atoms with E-state index in [0.717, 1.165) is 18.4 Å². The maximum Gasteiger partial charge on any atom is 0.244 e. The number of fused-ring (bicyclic) bond motifs is 5. The molecule has 0 spiro atoms. The fourth-order valence-corrected chi connectivity index (χ4v) is 4.28. The zero-order valence-corrected chi connectivity index (χ0v) is 12.4. The number of aromatic nitrogens is 1. The molecule has 1 aromatic rings. The van der Waals surface area contributed by atoms with E-state index in [0.29, 0.717) is 5.82 Å².